The zero-order valence-corrected chi connectivity index (χ0v) is 11.5. The van der Waals surface area contributed by atoms with Crippen LogP contribution in [0.4, 0.5) is 0 Å². The lowest BCUT2D eigenvalue weighted by molar-refractivity contribution is 0.0471. The van der Waals surface area contributed by atoms with Crippen molar-refractivity contribution in [1.29, 1.82) is 0 Å². The van der Waals surface area contributed by atoms with Crippen LogP contribution >= 0.6 is 45.6 Å². The molecule has 0 unspecified atom stereocenters. The predicted molar refractivity (Wildman–Crippen MR) is 69.4 cm³/mol. The fraction of sp³-hybridized carbons (Fsp3) is 0.222. The van der Waals surface area contributed by atoms with E-state index in [2.05, 4.69) is 22.6 Å². The molecule has 0 aliphatic heterocycles. The maximum Gasteiger partial charge on any atom is 0.338 e. The minimum atomic E-state index is -0.310. The minimum Gasteiger partial charge on any atom is -0.460 e. The van der Waals surface area contributed by atoms with E-state index in [1.54, 1.807) is 35.1 Å². The van der Waals surface area contributed by atoms with Gasteiger partial charge in [-0.15, -0.1) is 0 Å². The van der Waals surface area contributed by atoms with E-state index in [0.29, 0.717) is 12.2 Å². The van der Waals surface area contributed by atoms with Gasteiger partial charge in [0.2, 0.25) is 0 Å². The summed E-state index contributed by atoms with van der Waals surface area (Å²) in [6, 6.07) is 7.22. The Labute approximate surface area is 110 Å². The van der Waals surface area contributed by atoms with Crippen LogP contribution in [-0.4, -0.2) is 19.2 Å². The fourth-order valence-corrected chi connectivity index (χ4v) is 1.37. The van der Waals surface area contributed by atoms with Crippen molar-refractivity contribution in [3.63, 3.8) is 0 Å². The Morgan fingerprint density at radius 3 is 2.43 bits per heavy atom. The Morgan fingerprint density at radius 2 is 1.86 bits per heavy atom. The topological polar surface area (TPSA) is 35.5 Å². The molecule has 0 bridgehead atoms. The van der Waals surface area contributed by atoms with Gasteiger partial charge in [-0.05, 0) is 46.9 Å². The molecule has 1 rings (SSSR count). The van der Waals surface area contributed by atoms with Crippen molar-refractivity contribution in [3.05, 3.63) is 33.4 Å². The van der Waals surface area contributed by atoms with Gasteiger partial charge in [-0.1, -0.05) is 0 Å². The summed E-state index contributed by atoms with van der Waals surface area (Å²) in [5.74, 6) is -0.310. The van der Waals surface area contributed by atoms with E-state index in [1.807, 2.05) is 12.1 Å². The summed E-state index contributed by atoms with van der Waals surface area (Å²) < 4.78 is 10.8. The van der Waals surface area contributed by atoms with E-state index in [4.69, 9.17) is 7.80 Å². The van der Waals surface area contributed by atoms with Crippen molar-refractivity contribution in [2.24, 2.45) is 0 Å². The Balaban J connectivity index is 2.48. The van der Waals surface area contributed by atoms with Crippen molar-refractivity contribution >= 4 is 51.6 Å². The second kappa shape index (κ2) is 6.57. The van der Waals surface area contributed by atoms with Crippen LogP contribution in [0.1, 0.15) is 10.4 Å². The van der Waals surface area contributed by atoms with Crippen LogP contribution in [0.5, 0.6) is 0 Å². The minimum absolute atomic E-state index is 0.285. The first-order valence-corrected chi connectivity index (χ1v) is 5.86. The van der Waals surface area contributed by atoms with Gasteiger partial charge < -0.3 is 7.80 Å². The van der Waals surface area contributed by atoms with Crippen molar-refractivity contribution in [2.45, 2.75) is 0 Å². The van der Waals surface area contributed by atoms with E-state index in [9.17, 15) is 4.79 Å². The van der Waals surface area contributed by atoms with Gasteiger partial charge in [-0.25, -0.2) is 4.79 Å². The molecule has 0 saturated heterocycles. The number of hydrogen-bond acceptors (Lipinski definition) is 3. The Kier molecular flexibility index (Phi) is 5.71. The highest BCUT2D eigenvalue weighted by Crippen LogP contribution is 2.07. The number of rotatable bonds is 4. The second-order valence-electron chi connectivity index (χ2n) is 2.46. The second-order valence-corrected chi connectivity index (χ2v) is 4.32. The molecule has 0 saturated carbocycles. The van der Waals surface area contributed by atoms with Gasteiger partial charge in [0, 0.05) is 3.57 Å². The largest absolute Gasteiger partial charge is 0.460 e. The molecule has 0 spiro atoms. The highest BCUT2D eigenvalue weighted by atomic mass is 127. The van der Waals surface area contributed by atoms with Crippen LogP contribution in [0.25, 0.3) is 0 Å². The molecule has 0 aromatic heterocycles. The van der Waals surface area contributed by atoms with Gasteiger partial charge in [-0.3, -0.25) is 0 Å². The lowest BCUT2D eigenvalue weighted by Crippen LogP contribution is -2.08. The van der Waals surface area contributed by atoms with Crippen LogP contribution in [-0.2, 0) is 7.80 Å². The first-order valence-electron chi connectivity index (χ1n) is 3.90. The third-order valence-corrected chi connectivity index (χ3v) is 2.63. The van der Waals surface area contributed by atoms with Gasteiger partial charge in [0.1, 0.15) is 29.6 Å². The van der Waals surface area contributed by atoms with Crippen molar-refractivity contribution in [3.8, 4) is 0 Å². The standard InChI is InChI=1S/C9H8I2O3/c10-8-3-1-7(2-4-8)9(12)13-5-6-14-11/h1-4H,5-6H2. The van der Waals surface area contributed by atoms with E-state index in [-0.39, 0.29) is 12.6 Å². The van der Waals surface area contributed by atoms with E-state index < -0.39 is 0 Å². The molecule has 0 aliphatic rings. The molecule has 76 valence electrons. The summed E-state index contributed by atoms with van der Waals surface area (Å²) >= 11 is 3.94. The summed E-state index contributed by atoms with van der Waals surface area (Å²) in [5.41, 5.74) is 0.568. The predicted octanol–water partition coefficient (Wildman–Crippen LogP) is 2.81. The molecule has 1 aromatic carbocycles. The van der Waals surface area contributed by atoms with Gasteiger partial charge in [0.05, 0.1) is 12.2 Å². The lowest BCUT2D eigenvalue weighted by Gasteiger charge is -2.02. The lowest BCUT2D eigenvalue weighted by atomic mass is 10.2. The third kappa shape index (κ3) is 4.09. The molecule has 0 heterocycles. The Morgan fingerprint density at radius 1 is 1.21 bits per heavy atom. The third-order valence-electron chi connectivity index (χ3n) is 1.47. The normalized spacial score (nSPS) is 9.86. The molecule has 0 fully saturated rings. The average Bonchev–Trinajstić information content (AvgIpc) is 2.19. The fourth-order valence-electron chi connectivity index (χ4n) is 0.835. The molecule has 0 amide bonds. The molecule has 0 N–H and O–H groups in total. The summed E-state index contributed by atoms with van der Waals surface area (Å²) in [6.07, 6.45) is 0. The smallest absolute Gasteiger partial charge is 0.338 e. The molecule has 0 radical (unpaired) electrons. The zero-order chi connectivity index (χ0) is 10.4. The average molecular weight is 418 g/mol. The summed E-state index contributed by atoms with van der Waals surface area (Å²) in [7, 11) is 0. The molecule has 3 nitrogen and oxygen atoms in total. The van der Waals surface area contributed by atoms with Crippen molar-refractivity contribution in [2.75, 3.05) is 13.2 Å². The molecule has 5 heteroatoms. The first kappa shape index (κ1) is 12.2. The number of carbonyl (C=O) groups excluding carboxylic acids is 1. The number of halogens is 2. The number of ether oxygens (including phenoxy) is 1. The molecule has 14 heavy (non-hydrogen) atoms. The van der Waals surface area contributed by atoms with E-state index in [0.717, 1.165) is 3.57 Å². The first-order chi connectivity index (χ1) is 6.74. The molecule has 0 aliphatic carbocycles. The quantitative estimate of drug-likeness (QED) is 0.429. The maximum absolute atomic E-state index is 11.3. The van der Waals surface area contributed by atoms with Crippen LogP contribution < -0.4 is 0 Å². The van der Waals surface area contributed by atoms with Crippen LogP contribution in [0.2, 0.25) is 0 Å². The monoisotopic (exact) mass is 418 g/mol. The number of benzene rings is 1. The van der Waals surface area contributed by atoms with E-state index in [1.165, 1.54) is 0 Å². The van der Waals surface area contributed by atoms with Crippen LogP contribution in [0.15, 0.2) is 24.3 Å². The highest BCUT2D eigenvalue weighted by molar-refractivity contribution is 14.1. The van der Waals surface area contributed by atoms with Crippen LogP contribution in [0.3, 0.4) is 0 Å². The number of carbonyl (C=O) groups is 1. The van der Waals surface area contributed by atoms with Crippen molar-refractivity contribution < 1.29 is 12.6 Å². The van der Waals surface area contributed by atoms with Crippen LogP contribution in [0, 0.1) is 3.57 Å². The van der Waals surface area contributed by atoms with Gasteiger partial charge in [0.25, 0.3) is 0 Å². The zero-order valence-electron chi connectivity index (χ0n) is 7.20. The van der Waals surface area contributed by atoms with Gasteiger partial charge >= 0.3 is 5.97 Å². The summed E-state index contributed by atoms with van der Waals surface area (Å²) in [5, 5.41) is 0. The summed E-state index contributed by atoms with van der Waals surface area (Å²) in [4.78, 5) is 11.3. The SMILES string of the molecule is O=C(OCCOI)c1ccc(I)cc1. The Bertz CT molecular complexity index is 297. The van der Waals surface area contributed by atoms with E-state index >= 15 is 0 Å². The molecular formula is C9H8I2O3. The number of hydrogen-bond donors (Lipinski definition) is 0. The van der Waals surface area contributed by atoms with Gasteiger partial charge in [-0.2, -0.15) is 0 Å². The molecule has 1 aromatic rings. The highest BCUT2D eigenvalue weighted by Gasteiger charge is 2.05. The molecule has 0 atom stereocenters. The van der Waals surface area contributed by atoms with Gasteiger partial charge in [0.15, 0.2) is 0 Å². The van der Waals surface area contributed by atoms with Crippen molar-refractivity contribution in [1.82, 2.24) is 0 Å². The Hall–Kier alpha value is 0.110. The summed E-state index contributed by atoms with van der Waals surface area (Å²) in [6.45, 7) is 0.699. The molecular weight excluding hydrogens is 410 g/mol. The number of esters is 1. The maximum atomic E-state index is 11.3.